The van der Waals surface area contributed by atoms with Crippen LogP contribution in [0.25, 0.3) is 0 Å². The van der Waals surface area contributed by atoms with E-state index >= 15 is 0 Å². The van der Waals surface area contributed by atoms with Crippen LogP contribution in [0.5, 0.6) is 0 Å². The summed E-state index contributed by atoms with van der Waals surface area (Å²) in [6.45, 7) is 0.108. The summed E-state index contributed by atoms with van der Waals surface area (Å²) in [5.41, 5.74) is -1.03. The largest absolute Gasteiger partial charge is 0.328 e. The van der Waals surface area contributed by atoms with Crippen molar-refractivity contribution in [1.82, 2.24) is 14.5 Å². The summed E-state index contributed by atoms with van der Waals surface area (Å²) >= 11 is 5.60. The Morgan fingerprint density at radius 1 is 1.41 bits per heavy atom. The van der Waals surface area contributed by atoms with Crippen LogP contribution in [0.2, 0.25) is 5.15 Å². The summed E-state index contributed by atoms with van der Waals surface area (Å²) < 4.78 is 14.0. The van der Waals surface area contributed by atoms with Gasteiger partial charge in [0.05, 0.1) is 12.7 Å². The van der Waals surface area contributed by atoms with Crippen molar-refractivity contribution >= 4 is 11.6 Å². The third-order valence-corrected chi connectivity index (χ3v) is 2.33. The van der Waals surface area contributed by atoms with Gasteiger partial charge < -0.3 is 0 Å². The number of aromatic amines is 1. The van der Waals surface area contributed by atoms with E-state index in [0.29, 0.717) is 10.7 Å². The molecule has 0 radical (unpaired) electrons. The van der Waals surface area contributed by atoms with Crippen LogP contribution in [0.15, 0.2) is 34.1 Å². The number of aromatic nitrogens is 3. The van der Waals surface area contributed by atoms with Crippen LogP contribution in [0.1, 0.15) is 5.56 Å². The first kappa shape index (κ1) is 11.5. The number of hydrogen-bond donors (Lipinski definition) is 1. The maximum absolute atomic E-state index is 13.0. The molecule has 0 saturated carbocycles. The van der Waals surface area contributed by atoms with Gasteiger partial charge in [0.15, 0.2) is 0 Å². The van der Waals surface area contributed by atoms with E-state index < -0.39 is 17.1 Å². The maximum Gasteiger partial charge on any atom is 0.328 e. The lowest BCUT2D eigenvalue weighted by atomic mass is 10.3. The molecule has 0 spiro atoms. The number of hydrogen-bond acceptors (Lipinski definition) is 3. The van der Waals surface area contributed by atoms with E-state index in [-0.39, 0.29) is 6.54 Å². The number of pyridine rings is 1. The Hall–Kier alpha value is -1.95. The molecule has 0 aliphatic carbocycles. The normalized spacial score (nSPS) is 10.5. The molecule has 0 aliphatic heterocycles. The Morgan fingerprint density at radius 3 is 2.82 bits per heavy atom. The number of halogens is 2. The third kappa shape index (κ3) is 2.59. The van der Waals surface area contributed by atoms with Crippen molar-refractivity contribution < 1.29 is 4.39 Å². The fourth-order valence-electron chi connectivity index (χ4n) is 1.30. The van der Waals surface area contributed by atoms with Crippen LogP contribution in [0.3, 0.4) is 0 Å². The molecule has 2 aromatic heterocycles. The van der Waals surface area contributed by atoms with Crippen molar-refractivity contribution in [2.75, 3.05) is 0 Å². The molecule has 0 aromatic carbocycles. The van der Waals surface area contributed by atoms with E-state index in [9.17, 15) is 14.0 Å². The molecule has 2 rings (SSSR count). The summed E-state index contributed by atoms with van der Waals surface area (Å²) in [6.07, 6.45) is 2.33. The molecule has 5 nitrogen and oxygen atoms in total. The van der Waals surface area contributed by atoms with Gasteiger partial charge in [0, 0.05) is 6.20 Å². The Bertz CT molecular complexity index is 648. The lowest BCUT2D eigenvalue weighted by Crippen LogP contribution is -2.31. The molecule has 88 valence electrons. The highest BCUT2D eigenvalue weighted by Gasteiger charge is 2.04. The first-order valence-electron chi connectivity index (χ1n) is 4.66. The number of H-pyrrole nitrogens is 1. The molecular formula is C10H7ClFN3O2. The molecular weight excluding hydrogens is 249 g/mol. The van der Waals surface area contributed by atoms with Crippen molar-refractivity contribution in [3.8, 4) is 0 Å². The summed E-state index contributed by atoms with van der Waals surface area (Å²) in [4.78, 5) is 27.9. The first-order valence-corrected chi connectivity index (χ1v) is 5.04. The van der Waals surface area contributed by atoms with Gasteiger partial charge in [-0.2, -0.15) is 4.39 Å². The molecule has 17 heavy (non-hydrogen) atoms. The average Bonchev–Trinajstić information content (AvgIpc) is 2.29. The molecule has 0 fully saturated rings. The van der Waals surface area contributed by atoms with Gasteiger partial charge in [0.25, 0.3) is 5.56 Å². The maximum atomic E-state index is 13.0. The highest BCUT2D eigenvalue weighted by atomic mass is 35.5. The van der Waals surface area contributed by atoms with Gasteiger partial charge in [-0.05, 0) is 11.6 Å². The lowest BCUT2D eigenvalue weighted by molar-refractivity contribution is 0.566. The highest BCUT2D eigenvalue weighted by molar-refractivity contribution is 6.29. The quantitative estimate of drug-likeness (QED) is 0.806. The van der Waals surface area contributed by atoms with E-state index in [2.05, 4.69) is 4.98 Å². The van der Waals surface area contributed by atoms with Crippen molar-refractivity contribution in [2.24, 2.45) is 0 Å². The van der Waals surface area contributed by atoms with Gasteiger partial charge in [0.2, 0.25) is 5.82 Å². The Morgan fingerprint density at radius 2 is 2.18 bits per heavy atom. The van der Waals surface area contributed by atoms with Crippen LogP contribution in [0.4, 0.5) is 4.39 Å². The zero-order chi connectivity index (χ0) is 12.4. The fourth-order valence-corrected chi connectivity index (χ4v) is 1.41. The monoisotopic (exact) mass is 255 g/mol. The van der Waals surface area contributed by atoms with Gasteiger partial charge in [-0.15, -0.1) is 0 Å². The number of nitrogens with zero attached hydrogens (tertiary/aromatic N) is 2. The summed E-state index contributed by atoms with van der Waals surface area (Å²) in [6, 6.07) is 3.22. The second-order valence-corrected chi connectivity index (χ2v) is 3.74. The molecule has 2 aromatic rings. The Labute approximate surface area is 99.5 Å². The lowest BCUT2D eigenvalue weighted by Gasteiger charge is -2.04. The highest BCUT2D eigenvalue weighted by Crippen LogP contribution is 2.05. The van der Waals surface area contributed by atoms with E-state index in [1.165, 1.54) is 6.20 Å². The molecule has 0 aliphatic rings. The van der Waals surface area contributed by atoms with E-state index in [0.717, 1.165) is 10.8 Å². The SMILES string of the molecule is O=c1[nH]c(=O)n(Cc2ccc(Cl)nc2)cc1F. The van der Waals surface area contributed by atoms with Gasteiger partial charge in [0.1, 0.15) is 5.15 Å². The molecule has 7 heteroatoms. The Kier molecular flexibility index (Phi) is 3.06. The van der Waals surface area contributed by atoms with Crippen LogP contribution in [0, 0.1) is 5.82 Å². The van der Waals surface area contributed by atoms with Crippen LogP contribution < -0.4 is 11.2 Å². The average molecular weight is 256 g/mol. The molecule has 0 atom stereocenters. The van der Waals surface area contributed by atoms with Gasteiger partial charge >= 0.3 is 5.69 Å². The second-order valence-electron chi connectivity index (χ2n) is 3.35. The van der Waals surface area contributed by atoms with E-state index in [1.54, 1.807) is 12.1 Å². The Balaban J connectivity index is 2.36. The first-order chi connectivity index (χ1) is 8.06. The van der Waals surface area contributed by atoms with Gasteiger partial charge in [-0.1, -0.05) is 17.7 Å². The molecule has 0 unspecified atom stereocenters. The topological polar surface area (TPSA) is 67.8 Å². The smallest absolute Gasteiger partial charge is 0.293 e. The molecule has 0 amide bonds. The van der Waals surface area contributed by atoms with E-state index in [4.69, 9.17) is 11.6 Å². The molecule has 0 bridgehead atoms. The summed E-state index contributed by atoms with van der Waals surface area (Å²) in [7, 11) is 0. The molecule has 2 heterocycles. The minimum absolute atomic E-state index is 0.108. The third-order valence-electron chi connectivity index (χ3n) is 2.11. The standard InChI is InChI=1S/C10H7ClFN3O2/c11-8-2-1-6(3-13-8)4-15-5-7(12)9(16)14-10(15)17/h1-3,5H,4H2,(H,14,16,17). The van der Waals surface area contributed by atoms with Crippen molar-refractivity contribution in [3.63, 3.8) is 0 Å². The summed E-state index contributed by atoms with van der Waals surface area (Å²) in [5.74, 6) is -1.01. The zero-order valence-corrected chi connectivity index (χ0v) is 9.24. The molecule has 0 saturated heterocycles. The molecule has 1 N–H and O–H groups in total. The van der Waals surface area contributed by atoms with Crippen molar-refractivity contribution in [3.05, 3.63) is 61.9 Å². The predicted molar refractivity (Wildman–Crippen MR) is 59.6 cm³/mol. The summed E-state index contributed by atoms with van der Waals surface area (Å²) in [5, 5.41) is 0.328. The second kappa shape index (κ2) is 4.50. The zero-order valence-electron chi connectivity index (χ0n) is 8.48. The van der Waals surface area contributed by atoms with Gasteiger partial charge in [-0.3, -0.25) is 14.3 Å². The number of rotatable bonds is 2. The van der Waals surface area contributed by atoms with Crippen LogP contribution >= 0.6 is 11.6 Å². The van der Waals surface area contributed by atoms with Crippen LogP contribution in [-0.2, 0) is 6.54 Å². The van der Waals surface area contributed by atoms with E-state index in [1.807, 2.05) is 4.98 Å². The van der Waals surface area contributed by atoms with Gasteiger partial charge in [-0.25, -0.2) is 9.78 Å². The minimum atomic E-state index is -1.03. The fraction of sp³-hybridized carbons (Fsp3) is 0.100. The van der Waals surface area contributed by atoms with Crippen LogP contribution in [-0.4, -0.2) is 14.5 Å². The van der Waals surface area contributed by atoms with Crippen molar-refractivity contribution in [2.45, 2.75) is 6.54 Å². The number of nitrogens with one attached hydrogen (secondary N) is 1. The minimum Gasteiger partial charge on any atom is -0.293 e. The predicted octanol–water partition coefficient (Wildman–Crippen LogP) is 0.772. The van der Waals surface area contributed by atoms with Crippen molar-refractivity contribution in [1.29, 1.82) is 0 Å².